The second-order valence-corrected chi connectivity index (χ2v) is 8.12. The van der Waals surface area contributed by atoms with E-state index in [1.807, 2.05) is 18.2 Å². The van der Waals surface area contributed by atoms with Crippen LogP contribution >= 0.6 is 11.6 Å². The number of carbonyl (C=O) groups excluding carboxylic acids is 1. The Bertz CT molecular complexity index is 852. The van der Waals surface area contributed by atoms with E-state index in [0.717, 1.165) is 43.9 Å². The van der Waals surface area contributed by atoms with Gasteiger partial charge < -0.3 is 0 Å². The van der Waals surface area contributed by atoms with E-state index in [-0.39, 0.29) is 23.9 Å². The molecule has 6 heteroatoms. The molecule has 2 aliphatic heterocycles. The fraction of sp³-hybridized carbons (Fsp3) is 0.409. The first-order chi connectivity index (χ1) is 13.6. The van der Waals surface area contributed by atoms with Gasteiger partial charge in [0.05, 0.1) is 5.54 Å². The third-order valence-electron chi connectivity index (χ3n) is 5.85. The van der Waals surface area contributed by atoms with Crippen LogP contribution < -0.4 is 0 Å². The summed E-state index contributed by atoms with van der Waals surface area (Å²) in [6, 6.07) is 14.5. The summed E-state index contributed by atoms with van der Waals surface area (Å²) in [6.07, 6.45) is 3.01. The molecule has 148 valence electrons. The standard InChI is InChI=1S/C22H24ClFN2O2/c23-19-6-3-4-17(14-19)15-25-12-10-22(11-13-25)9-8-21(27)26(22)28-16-18-5-1-2-7-20(18)24/h1-7,14H,8-13,15-16H2. The van der Waals surface area contributed by atoms with Gasteiger partial charge in [-0.3, -0.25) is 14.5 Å². The molecule has 2 saturated heterocycles. The molecule has 2 heterocycles. The predicted molar refractivity (Wildman–Crippen MR) is 106 cm³/mol. The van der Waals surface area contributed by atoms with Gasteiger partial charge >= 0.3 is 0 Å². The van der Waals surface area contributed by atoms with E-state index in [1.54, 1.807) is 23.3 Å². The molecule has 28 heavy (non-hydrogen) atoms. The van der Waals surface area contributed by atoms with Crippen LogP contribution in [0.25, 0.3) is 0 Å². The SMILES string of the molecule is O=C1CCC2(CCN(Cc3cccc(Cl)c3)CC2)N1OCc1ccccc1F. The second kappa shape index (κ2) is 8.19. The van der Waals surface area contributed by atoms with E-state index in [2.05, 4.69) is 11.0 Å². The number of halogens is 2. The van der Waals surface area contributed by atoms with Gasteiger partial charge in [-0.1, -0.05) is 41.9 Å². The smallest absolute Gasteiger partial charge is 0.246 e. The Morgan fingerprint density at radius 1 is 1.07 bits per heavy atom. The maximum absolute atomic E-state index is 13.9. The van der Waals surface area contributed by atoms with Crippen LogP contribution in [0.1, 0.15) is 36.8 Å². The summed E-state index contributed by atoms with van der Waals surface area (Å²) < 4.78 is 13.9. The Balaban J connectivity index is 1.38. The number of hydrogen-bond acceptors (Lipinski definition) is 3. The number of hydroxylamine groups is 2. The molecule has 0 saturated carbocycles. The first kappa shape index (κ1) is 19.4. The summed E-state index contributed by atoms with van der Waals surface area (Å²) in [5, 5.41) is 2.30. The van der Waals surface area contributed by atoms with Gasteiger partial charge in [0.1, 0.15) is 12.4 Å². The minimum Gasteiger partial charge on any atom is -0.299 e. The van der Waals surface area contributed by atoms with E-state index >= 15 is 0 Å². The molecule has 0 N–H and O–H groups in total. The van der Waals surface area contributed by atoms with Crippen LogP contribution in [0.15, 0.2) is 48.5 Å². The van der Waals surface area contributed by atoms with E-state index in [0.29, 0.717) is 12.0 Å². The van der Waals surface area contributed by atoms with Crippen molar-refractivity contribution >= 4 is 17.5 Å². The Morgan fingerprint density at radius 3 is 2.61 bits per heavy atom. The molecule has 0 bridgehead atoms. The zero-order valence-electron chi connectivity index (χ0n) is 15.7. The first-order valence-electron chi connectivity index (χ1n) is 9.72. The topological polar surface area (TPSA) is 32.8 Å². The van der Waals surface area contributed by atoms with E-state index in [9.17, 15) is 9.18 Å². The molecule has 0 aliphatic carbocycles. The molecule has 0 radical (unpaired) electrons. The fourth-order valence-electron chi connectivity index (χ4n) is 4.24. The molecule has 0 aromatic heterocycles. The molecule has 2 aliphatic rings. The van der Waals surface area contributed by atoms with E-state index in [4.69, 9.17) is 16.4 Å². The van der Waals surface area contributed by atoms with Crippen LogP contribution in [-0.2, 0) is 22.8 Å². The number of rotatable bonds is 5. The normalized spacial score (nSPS) is 19.5. The van der Waals surface area contributed by atoms with Crippen molar-refractivity contribution in [3.63, 3.8) is 0 Å². The maximum Gasteiger partial charge on any atom is 0.246 e. The predicted octanol–water partition coefficient (Wildman–Crippen LogP) is 4.57. The van der Waals surface area contributed by atoms with Gasteiger partial charge in [0.25, 0.3) is 0 Å². The number of benzene rings is 2. The van der Waals surface area contributed by atoms with Crippen LogP contribution in [0.2, 0.25) is 5.02 Å². The fourth-order valence-corrected chi connectivity index (χ4v) is 4.45. The van der Waals surface area contributed by atoms with E-state index in [1.165, 1.54) is 11.6 Å². The lowest BCUT2D eigenvalue weighted by atomic mass is 9.86. The van der Waals surface area contributed by atoms with Crippen LogP contribution in [-0.4, -0.2) is 34.5 Å². The molecule has 1 amide bonds. The Morgan fingerprint density at radius 2 is 1.86 bits per heavy atom. The number of amides is 1. The van der Waals surface area contributed by atoms with Gasteiger partial charge in [0.2, 0.25) is 5.91 Å². The van der Waals surface area contributed by atoms with Crippen molar-refractivity contribution in [1.82, 2.24) is 9.96 Å². The molecular formula is C22H24ClFN2O2. The summed E-state index contributed by atoms with van der Waals surface area (Å²) in [4.78, 5) is 20.7. The second-order valence-electron chi connectivity index (χ2n) is 7.68. The van der Waals surface area contributed by atoms with Crippen LogP contribution in [0.5, 0.6) is 0 Å². The minimum absolute atomic E-state index is 0.000342. The maximum atomic E-state index is 13.9. The third kappa shape index (κ3) is 4.07. The van der Waals surface area contributed by atoms with Gasteiger partial charge in [0, 0.05) is 36.6 Å². The number of piperidine rings is 1. The van der Waals surface area contributed by atoms with Crippen LogP contribution in [0.4, 0.5) is 4.39 Å². The highest BCUT2D eigenvalue weighted by atomic mass is 35.5. The van der Waals surface area contributed by atoms with Crippen molar-refractivity contribution in [2.45, 2.75) is 44.4 Å². The summed E-state index contributed by atoms with van der Waals surface area (Å²) in [7, 11) is 0. The quantitative estimate of drug-likeness (QED) is 0.734. The Kier molecular flexibility index (Phi) is 5.67. The average Bonchev–Trinajstić information content (AvgIpc) is 2.99. The Labute approximate surface area is 169 Å². The van der Waals surface area contributed by atoms with Gasteiger partial charge in [-0.25, -0.2) is 9.45 Å². The summed E-state index contributed by atoms with van der Waals surface area (Å²) in [5.74, 6) is -0.306. The number of likely N-dealkylation sites (tertiary alicyclic amines) is 1. The van der Waals surface area contributed by atoms with Crippen molar-refractivity contribution in [3.05, 3.63) is 70.5 Å². The number of hydrogen-bond donors (Lipinski definition) is 0. The molecule has 4 rings (SSSR count). The van der Waals surface area contributed by atoms with Crippen LogP contribution in [0, 0.1) is 5.82 Å². The lowest BCUT2D eigenvalue weighted by molar-refractivity contribution is -0.223. The van der Waals surface area contributed by atoms with Crippen molar-refractivity contribution in [2.24, 2.45) is 0 Å². The van der Waals surface area contributed by atoms with Gasteiger partial charge in [-0.2, -0.15) is 0 Å². The molecule has 2 aromatic carbocycles. The highest BCUT2D eigenvalue weighted by molar-refractivity contribution is 6.30. The highest BCUT2D eigenvalue weighted by Gasteiger charge is 2.48. The highest BCUT2D eigenvalue weighted by Crippen LogP contribution is 2.40. The molecule has 2 aromatic rings. The zero-order valence-corrected chi connectivity index (χ0v) is 16.5. The number of nitrogens with zero attached hydrogens (tertiary/aromatic N) is 2. The molecule has 1 spiro atoms. The monoisotopic (exact) mass is 402 g/mol. The summed E-state index contributed by atoms with van der Waals surface area (Å²) >= 11 is 6.09. The molecule has 4 nitrogen and oxygen atoms in total. The lowest BCUT2D eigenvalue weighted by Crippen LogP contribution is -2.52. The molecular weight excluding hydrogens is 379 g/mol. The number of carbonyl (C=O) groups is 1. The average molecular weight is 403 g/mol. The van der Waals surface area contributed by atoms with Crippen molar-refractivity contribution < 1.29 is 14.0 Å². The molecule has 0 atom stereocenters. The summed E-state index contributed by atoms with van der Waals surface area (Å²) in [6.45, 7) is 2.70. The largest absolute Gasteiger partial charge is 0.299 e. The third-order valence-corrected chi connectivity index (χ3v) is 6.09. The first-order valence-corrected chi connectivity index (χ1v) is 10.1. The Hall–Kier alpha value is -1.95. The minimum atomic E-state index is -0.306. The van der Waals surface area contributed by atoms with Crippen molar-refractivity contribution in [1.29, 1.82) is 0 Å². The van der Waals surface area contributed by atoms with Crippen LogP contribution in [0.3, 0.4) is 0 Å². The van der Waals surface area contributed by atoms with Crippen molar-refractivity contribution in [2.75, 3.05) is 13.1 Å². The van der Waals surface area contributed by atoms with E-state index < -0.39 is 0 Å². The van der Waals surface area contributed by atoms with Gasteiger partial charge in [-0.05, 0) is 43.0 Å². The van der Waals surface area contributed by atoms with Crippen molar-refractivity contribution in [3.8, 4) is 0 Å². The van der Waals surface area contributed by atoms with Gasteiger partial charge in [0.15, 0.2) is 0 Å². The summed E-state index contributed by atoms with van der Waals surface area (Å²) in [5.41, 5.74) is 1.39. The van der Waals surface area contributed by atoms with Gasteiger partial charge in [-0.15, -0.1) is 0 Å². The molecule has 0 unspecified atom stereocenters. The zero-order chi connectivity index (χ0) is 19.6. The molecule has 2 fully saturated rings. The lowest BCUT2D eigenvalue weighted by Gasteiger charge is -2.43.